The highest BCUT2D eigenvalue weighted by atomic mass is 127. The van der Waals surface area contributed by atoms with Gasteiger partial charge < -0.3 is 20.8 Å². The smallest absolute Gasteiger partial charge is 0.291 e. The standard InChI is InChI=1S/C19H20N4O2S.HI/c20-19(21-10-9-16-3-2-12-26-16)22-13-14-5-7-15(8-6-14)23-18(24)17-4-1-11-25-17;/h1-8,11-12H,9-10,13H2,(H,23,24)(H3,20,21,22);1H. The molecule has 0 saturated carbocycles. The normalized spacial score (nSPS) is 10.9. The van der Waals surface area contributed by atoms with Crippen LogP contribution in [-0.4, -0.2) is 18.4 Å². The summed E-state index contributed by atoms with van der Waals surface area (Å²) in [4.78, 5) is 17.6. The first-order valence-electron chi connectivity index (χ1n) is 8.20. The average Bonchev–Trinajstić information content (AvgIpc) is 3.35. The van der Waals surface area contributed by atoms with Crippen molar-refractivity contribution < 1.29 is 9.21 Å². The van der Waals surface area contributed by atoms with Crippen molar-refractivity contribution in [1.29, 1.82) is 0 Å². The number of nitrogens with two attached hydrogens (primary N) is 1. The predicted octanol–water partition coefficient (Wildman–Crippen LogP) is 3.86. The second kappa shape index (κ2) is 10.7. The number of carbonyl (C=O) groups is 1. The first-order valence-corrected chi connectivity index (χ1v) is 9.08. The molecule has 3 aromatic rings. The van der Waals surface area contributed by atoms with Gasteiger partial charge in [-0.15, -0.1) is 35.3 Å². The Balaban J connectivity index is 0.00000261. The van der Waals surface area contributed by atoms with E-state index in [1.54, 1.807) is 23.5 Å². The minimum atomic E-state index is -0.278. The van der Waals surface area contributed by atoms with Gasteiger partial charge in [0.1, 0.15) is 0 Å². The van der Waals surface area contributed by atoms with Crippen molar-refractivity contribution in [3.05, 3.63) is 76.4 Å². The van der Waals surface area contributed by atoms with Crippen LogP contribution in [0.3, 0.4) is 0 Å². The van der Waals surface area contributed by atoms with Crippen LogP contribution in [0.15, 0.2) is 69.6 Å². The Morgan fingerprint density at radius 1 is 1.15 bits per heavy atom. The Bertz CT molecular complexity index is 846. The van der Waals surface area contributed by atoms with Crippen LogP contribution in [0, 0.1) is 0 Å². The van der Waals surface area contributed by atoms with Crippen molar-refractivity contribution >= 4 is 52.9 Å². The molecule has 6 nitrogen and oxygen atoms in total. The van der Waals surface area contributed by atoms with Gasteiger partial charge in [-0.3, -0.25) is 4.79 Å². The van der Waals surface area contributed by atoms with E-state index in [1.807, 2.05) is 30.3 Å². The highest BCUT2D eigenvalue weighted by Gasteiger charge is 2.08. The molecule has 0 fully saturated rings. The summed E-state index contributed by atoms with van der Waals surface area (Å²) in [5.41, 5.74) is 7.59. The molecular weight excluding hydrogens is 475 g/mol. The number of furan rings is 1. The zero-order valence-electron chi connectivity index (χ0n) is 14.6. The van der Waals surface area contributed by atoms with Gasteiger partial charge in [0, 0.05) is 17.1 Å². The highest BCUT2D eigenvalue weighted by Crippen LogP contribution is 2.12. The van der Waals surface area contributed by atoms with Crippen LogP contribution in [0.5, 0.6) is 0 Å². The van der Waals surface area contributed by atoms with Gasteiger partial charge in [0.2, 0.25) is 0 Å². The monoisotopic (exact) mass is 496 g/mol. The number of amides is 1. The lowest BCUT2D eigenvalue weighted by molar-refractivity contribution is 0.0996. The molecule has 0 radical (unpaired) electrons. The van der Waals surface area contributed by atoms with E-state index < -0.39 is 0 Å². The lowest BCUT2D eigenvalue weighted by Crippen LogP contribution is -2.33. The summed E-state index contributed by atoms with van der Waals surface area (Å²) >= 11 is 1.73. The van der Waals surface area contributed by atoms with Crippen LogP contribution in [0.4, 0.5) is 5.69 Å². The number of nitrogens with one attached hydrogen (secondary N) is 2. The van der Waals surface area contributed by atoms with E-state index in [4.69, 9.17) is 10.2 Å². The van der Waals surface area contributed by atoms with E-state index >= 15 is 0 Å². The third kappa shape index (κ3) is 6.72. The first-order chi connectivity index (χ1) is 12.7. The topological polar surface area (TPSA) is 92.6 Å². The molecular formula is C19H21IN4O2S. The minimum absolute atomic E-state index is 0. The fourth-order valence-corrected chi connectivity index (χ4v) is 3.00. The third-order valence-corrected chi connectivity index (χ3v) is 4.58. The Morgan fingerprint density at radius 3 is 2.63 bits per heavy atom. The Kier molecular flexibility index (Phi) is 8.34. The highest BCUT2D eigenvalue weighted by molar-refractivity contribution is 14.0. The predicted molar refractivity (Wildman–Crippen MR) is 120 cm³/mol. The van der Waals surface area contributed by atoms with Gasteiger partial charge in [0.05, 0.1) is 12.8 Å². The number of anilines is 1. The molecule has 4 N–H and O–H groups in total. The number of hydrogen-bond donors (Lipinski definition) is 3. The molecule has 2 heterocycles. The van der Waals surface area contributed by atoms with E-state index in [2.05, 4.69) is 27.1 Å². The van der Waals surface area contributed by atoms with Crippen molar-refractivity contribution in [2.24, 2.45) is 10.7 Å². The van der Waals surface area contributed by atoms with E-state index in [-0.39, 0.29) is 35.6 Å². The van der Waals surface area contributed by atoms with E-state index in [0.29, 0.717) is 18.2 Å². The maximum atomic E-state index is 11.9. The number of carbonyl (C=O) groups excluding carboxylic acids is 1. The summed E-state index contributed by atoms with van der Waals surface area (Å²) in [7, 11) is 0. The van der Waals surface area contributed by atoms with Gasteiger partial charge in [-0.1, -0.05) is 18.2 Å². The van der Waals surface area contributed by atoms with E-state index in [9.17, 15) is 4.79 Å². The van der Waals surface area contributed by atoms with Crippen molar-refractivity contribution in [2.45, 2.75) is 13.0 Å². The molecule has 3 rings (SSSR count). The van der Waals surface area contributed by atoms with Crippen LogP contribution >= 0.6 is 35.3 Å². The van der Waals surface area contributed by atoms with Gasteiger partial charge in [-0.25, -0.2) is 4.99 Å². The molecule has 1 aromatic carbocycles. The molecule has 0 atom stereocenters. The van der Waals surface area contributed by atoms with E-state index in [1.165, 1.54) is 11.1 Å². The summed E-state index contributed by atoms with van der Waals surface area (Å²) in [6.45, 7) is 1.23. The molecule has 0 aliphatic carbocycles. The quantitative estimate of drug-likeness (QED) is 0.263. The molecule has 0 aliphatic heterocycles. The van der Waals surface area contributed by atoms with Crippen molar-refractivity contribution in [2.75, 3.05) is 11.9 Å². The van der Waals surface area contributed by atoms with Crippen LogP contribution in [-0.2, 0) is 13.0 Å². The maximum absolute atomic E-state index is 11.9. The Labute approximate surface area is 178 Å². The second-order valence-electron chi connectivity index (χ2n) is 5.59. The fourth-order valence-electron chi connectivity index (χ4n) is 2.29. The number of guanidine groups is 1. The molecule has 27 heavy (non-hydrogen) atoms. The van der Waals surface area contributed by atoms with Gasteiger partial charge in [0.25, 0.3) is 5.91 Å². The van der Waals surface area contributed by atoms with Gasteiger partial charge in [-0.05, 0) is 47.7 Å². The molecule has 0 aliphatic rings. The molecule has 0 unspecified atom stereocenters. The van der Waals surface area contributed by atoms with Crippen LogP contribution < -0.4 is 16.4 Å². The van der Waals surface area contributed by atoms with Crippen molar-refractivity contribution in [3.8, 4) is 0 Å². The molecule has 142 valence electrons. The molecule has 1 amide bonds. The largest absolute Gasteiger partial charge is 0.459 e. The number of benzene rings is 1. The average molecular weight is 496 g/mol. The van der Waals surface area contributed by atoms with E-state index in [0.717, 1.165) is 18.5 Å². The van der Waals surface area contributed by atoms with Gasteiger partial charge in [0.15, 0.2) is 11.7 Å². The first kappa shape index (κ1) is 21.0. The van der Waals surface area contributed by atoms with Crippen LogP contribution in [0.2, 0.25) is 0 Å². The lowest BCUT2D eigenvalue weighted by Gasteiger charge is -2.06. The summed E-state index contributed by atoms with van der Waals surface area (Å²) in [5, 5.41) is 7.95. The second-order valence-corrected chi connectivity index (χ2v) is 6.62. The fraction of sp³-hybridized carbons (Fsp3) is 0.158. The number of rotatable bonds is 7. The Morgan fingerprint density at radius 2 is 1.96 bits per heavy atom. The summed E-state index contributed by atoms with van der Waals surface area (Å²) in [6.07, 6.45) is 2.40. The number of nitrogens with zero attached hydrogens (tertiary/aromatic N) is 1. The summed E-state index contributed by atoms with van der Waals surface area (Å²) < 4.78 is 5.06. The molecule has 0 bridgehead atoms. The summed E-state index contributed by atoms with van der Waals surface area (Å²) in [5.74, 6) is 0.428. The Hall–Kier alpha value is -2.33. The number of thiophene rings is 1. The zero-order chi connectivity index (χ0) is 18.2. The minimum Gasteiger partial charge on any atom is -0.459 e. The SMILES string of the molecule is I.NC(=NCc1ccc(NC(=O)c2ccco2)cc1)NCCc1cccs1. The number of aliphatic imine (C=N–C) groups is 1. The van der Waals surface area contributed by atoms with Gasteiger partial charge >= 0.3 is 0 Å². The van der Waals surface area contributed by atoms with Crippen LogP contribution in [0.25, 0.3) is 0 Å². The summed E-state index contributed by atoms with van der Waals surface area (Å²) in [6, 6.07) is 14.9. The lowest BCUT2D eigenvalue weighted by atomic mass is 10.2. The molecule has 8 heteroatoms. The maximum Gasteiger partial charge on any atom is 0.291 e. The van der Waals surface area contributed by atoms with Crippen molar-refractivity contribution in [1.82, 2.24) is 5.32 Å². The third-order valence-electron chi connectivity index (χ3n) is 3.65. The molecule has 0 spiro atoms. The number of halogens is 1. The zero-order valence-corrected chi connectivity index (χ0v) is 17.7. The molecule has 0 saturated heterocycles. The molecule has 2 aromatic heterocycles. The van der Waals surface area contributed by atoms with Crippen molar-refractivity contribution in [3.63, 3.8) is 0 Å². The van der Waals surface area contributed by atoms with Gasteiger partial charge in [-0.2, -0.15) is 0 Å². The van der Waals surface area contributed by atoms with Crippen LogP contribution in [0.1, 0.15) is 21.0 Å². The number of hydrogen-bond acceptors (Lipinski definition) is 4.